The Balaban J connectivity index is 1.79. The van der Waals surface area contributed by atoms with Gasteiger partial charge in [0.2, 0.25) is 0 Å². The van der Waals surface area contributed by atoms with Crippen LogP contribution in [0.2, 0.25) is 0 Å². The van der Waals surface area contributed by atoms with Crippen LogP contribution in [0.25, 0.3) is 28.0 Å². The van der Waals surface area contributed by atoms with Gasteiger partial charge >= 0.3 is 5.69 Å². The molecule has 11 heteroatoms. The Morgan fingerprint density at radius 2 is 1.97 bits per heavy atom. The second kappa shape index (κ2) is 9.26. The smallest absolute Gasteiger partial charge is 0.355 e. The monoisotopic (exact) mass is 535 g/mol. The summed E-state index contributed by atoms with van der Waals surface area (Å²) in [6, 6.07) is 4.78. The largest absolute Gasteiger partial charge is 0.507 e. The number of aryl methyl sites for hydroxylation is 1. The molecule has 3 aromatic heterocycles. The Hall–Kier alpha value is -4.12. The van der Waals surface area contributed by atoms with Gasteiger partial charge in [-0.05, 0) is 49.4 Å². The molecule has 0 aliphatic carbocycles. The number of hydrogen-bond donors (Lipinski definition) is 2. The lowest BCUT2D eigenvalue weighted by Gasteiger charge is -2.38. The lowest BCUT2D eigenvalue weighted by atomic mass is 9.99. The van der Waals surface area contributed by atoms with Crippen molar-refractivity contribution >= 4 is 16.9 Å². The minimum absolute atomic E-state index is 0.0160. The zero-order valence-corrected chi connectivity index (χ0v) is 21.7. The molecule has 0 amide bonds. The highest BCUT2D eigenvalue weighted by molar-refractivity contribution is 5.97. The molecule has 1 fully saturated rings. The van der Waals surface area contributed by atoms with E-state index in [0.717, 1.165) is 6.07 Å². The lowest BCUT2D eigenvalue weighted by Crippen LogP contribution is -2.51. The van der Waals surface area contributed by atoms with E-state index >= 15 is 8.78 Å². The van der Waals surface area contributed by atoms with Gasteiger partial charge in [0.15, 0.2) is 17.2 Å². The molecule has 2 aliphatic rings. The number of halogens is 2. The highest BCUT2D eigenvalue weighted by atomic mass is 19.1. The van der Waals surface area contributed by atoms with E-state index in [0.29, 0.717) is 36.3 Å². The number of piperidine rings is 1. The van der Waals surface area contributed by atoms with Crippen molar-refractivity contribution in [1.82, 2.24) is 19.5 Å². The first-order valence-corrected chi connectivity index (χ1v) is 12.9. The van der Waals surface area contributed by atoms with Gasteiger partial charge in [-0.15, -0.1) is 0 Å². The molecule has 0 bridgehead atoms. The number of anilines is 1. The first-order chi connectivity index (χ1) is 18.7. The van der Waals surface area contributed by atoms with E-state index in [2.05, 4.69) is 15.0 Å². The fraction of sp³-hybridized carbons (Fsp3) is 0.357. The average molecular weight is 536 g/mol. The van der Waals surface area contributed by atoms with Crippen LogP contribution in [0.1, 0.15) is 43.9 Å². The molecule has 2 atom stereocenters. The van der Waals surface area contributed by atoms with E-state index in [1.807, 2.05) is 20.8 Å². The number of fused-ring (bicyclic) bond motifs is 2. The third-order valence-electron chi connectivity index (χ3n) is 7.47. The van der Waals surface area contributed by atoms with Crippen molar-refractivity contribution in [2.45, 2.75) is 51.7 Å². The van der Waals surface area contributed by atoms with E-state index < -0.39 is 46.5 Å². The van der Waals surface area contributed by atoms with Gasteiger partial charge in [0.25, 0.3) is 0 Å². The van der Waals surface area contributed by atoms with Crippen LogP contribution in [-0.4, -0.2) is 55.0 Å². The van der Waals surface area contributed by atoms with Gasteiger partial charge < -0.3 is 19.8 Å². The first kappa shape index (κ1) is 25.2. The number of aliphatic hydroxyl groups is 1. The summed E-state index contributed by atoms with van der Waals surface area (Å²) >= 11 is 0. The summed E-state index contributed by atoms with van der Waals surface area (Å²) in [7, 11) is 0. The summed E-state index contributed by atoms with van der Waals surface area (Å²) in [5.41, 5.74) is 0.0664. The fourth-order valence-corrected chi connectivity index (χ4v) is 5.59. The summed E-state index contributed by atoms with van der Waals surface area (Å²) in [6.07, 6.45) is 2.01. The second-order valence-electron chi connectivity index (χ2n) is 10.3. The van der Waals surface area contributed by atoms with E-state index in [1.165, 1.54) is 16.7 Å². The number of phenols is 1. The van der Waals surface area contributed by atoms with Crippen molar-refractivity contribution in [3.63, 3.8) is 0 Å². The number of aromatic nitrogens is 4. The standard InChI is InChI=1S/C28H27F2N5O4/c1-13(2)22-24(14(3)9-10-31-22)35-27-20-25(21(30)23(32-27)19-15(29)6-4-7-18(19)37)39-12-16-17(36)8-5-11-34(16)26(20)33-28(35)38/h4,6-7,9-10,13,16-17,36-37H,5,8,11-12H2,1-3H3. The van der Waals surface area contributed by atoms with Crippen molar-refractivity contribution in [3.8, 4) is 28.4 Å². The molecule has 4 aromatic rings. The molecular weight excluding hydrogens is 508 g/mol. The van der Waals surface area contributed by atoms with Crippen molar-refractivity contribution in [2.75, 3.05) is 18.1 Å². The molecule has 0 radical (unpaired) electrons. The summed E-state index contributed by atoms with van der Waals surface area (Å²) in [5.74, 6) is -2.63. The Labute approximate surface area is 222 Å². The highest BCUT2D eigenvalue weighted by Gasteiger charge is 2.39. The van der Waals surface area contributed by atoms with Gasteiger partial charge in [-0.2, -0.15) is 4.98 Å². The number of phenolic OH excluding ortho intramolecular Hbond substituents is 1. The molecule has 2 N–H and O–H groups in total. The number of aromatic hydroxyl groups is 1. The third kappa shape index (κ3) is 3.82. The molecule has 0 spiro atoms. The number of pyridine rings is 2. The van der Waals surface area contributed by atoms with E-state index in [4.69, 9.17) is 4.74 Å². The first-order valence-electron chi connectivity index (χ1n) is 12.9. The van der Waals surface area contributed by atoms with Crippen LogP contribution in [0.5, 0.6) is 11.5 Å². The quantitative estimate of drug-likeness (QED) is 0.405. The Morgan fingerprint density at radius 1 is 1.18 bits per heavy atom. The van der Waals surface area contributed by atoms with E-state index in [1.54, 1.807) is 17.2 Å². The topological polar surface area (TPSA) is 114 Å². The van der Waals surface area contributed by atoms with Gasteiger partial charge in [0, 0.05) is 12.7 Å². The summed E-state index contributed by atoms with van der Waals surface area (Å²) in [4.78, 5) is 29.0. The molecule has 2 aliphatic heterocycles. The van der Waals surface area contributed by atoms with Crippen LogP contribution >= 0.6 is 0 Å². The Kier molecular flexibility index (Phi) is 5.98. The van der Waals surface area contributed by atoms with Gasteiger partial charge in [0.1, 0.15) is 35.1 Å². The zero-order chi connectivity index (χ0) is 27.6. The number of hydrogen-bond acceptors (Lipinski definition) is 8. The van der Waals surface area contributed by atoms with Crippen LogP contribution in [0.4, 0.5) is 14.6 Å². The van der Waals surface area contributed by atoms with Crippen molar-refractivity contribution < 1.29 is 23.7 Å². The molecule has 1 saturated heterocycles. The Bertz CT molecular complexity index is 1670. The normalized spacial score (nSPS) is 18.7. The van der Waals surface area contributed by atoms with Crippen LogP contribution in [0.15, 0.2) is 35.3 Å². The molecule has 39 heavy (non-hydrogen) atoms. The van der Waals surface area contributed by atoms with Gasteiger partial charge in [-0.25, -0.2) is 23.1 Å². The van der Waals surface area contributed by atoms with Gasteiger partial charge in [0.05, 0.1) is 29.1 Å². The zero-order valence-electron chi connectivity index (χ0n) is 21.7. The SMILES string of the molecule is Cc1ccnc(C(C)C)c1-n1c(=O)nc2c3c(c(F)c(-c4c(O)cccc4F)nc31)OCC1C(O)CCCN21. The molecule has 1 aromatic carbocycles. The van der Waals surface area contributed by atoms with Crippen LogP contribution in [0, 0.1) is 18.6 Å². The maximum atomic E-state index is 16.3. The predicted octanol–water partition coefficient (Wildman–Crippen LogP) is 3.98. The number of aliphatic hydroxyl groups excluding tert-OH is 1. The van der Waals surface area contributed by atoms with Gasteiger partial charge in [-0.3, -0.25) is 4.98 Å². The second-order valence-corrected chi connectivity index (χ2v) is 10.3. The average Bonchev–Trinajstić information content (AvgIpc) is 3.05. The summed E-state index contributed by atoms with van der Waals surface area (Å²) in [6.45, 7) is 6.05. The van der Waals surface area contributed by atoms with Crippen LogP contribution < -0.4 is 15.3 Å². The number of rotatable bonds is 3. The number of benzene rings is 1. The lowest BCUT2D eigenvalue weighted by molar-refractivity contribution is 0.0879. The van der Waals surface area contributed by atoms with Gasteiger partial charge in [-0.1, -0.05) is 19.9 Å². The molecule has 2 unspecified atom stereocenters. The van der Waals surface area contributed by atoms with Crippen molar-refractivity contribution in [2.24, 2.45) is 0 Å². The Morgan fingerprint density at radius 3 is 2.72 bits per heavy atom. The molecule has 5 heterocycles. The highest BCUT2D eigenvalue weighted by Crippen LogP contribution is 2.44. The maximum absolute atomic E-state index is 16.3. The number of ether oxygens (including phenoxy) is 1. The fourth-order valence-electron chi connectivity index (χ4n) is 5.59. The minimum Gasteiger partial charge on any atom is -0.507 e. The van der Waals surface area contributed by atoms with Crippen LogP contribution in [0.3, 0.4) is 0 Å². The number of nitrogens with zero attached hydrogens (tertiary/aromatic N) is 5. The van der Waals surface area contributed by atoms with Crippen LogP contribution in [-0.2, 0) is 0 Å². The van der Waals surface area contributed by atoms with E-state index in [-0.39, 0.29) is 35.1 Å². The van der Waals surface area contributed by atoms with Crippen molar-refractivity contribution in [1.29, 1.82) is 0 Å². The summed E-state index contributed by atoms with van der Waals surface area (Å²) in [5, 5.41) is 21.4. The predicted molar refractivity (Wildman–Crippen MR) is 141 cm³/mol. The molecule has 0 saturated carbocycles. The van der Waals surface area contributed by atoms with E-state index in [9.17, 15) is 15.0 Å². The summed E-state index contributed by atoms with van der Waals surface area (Å²) < 4.78 is 38.5. The molecule has 202 valence electrons. The third-order valence-corrected chi connectivity index (χ3v) is 7.47. The van der Waals surface area contributed by atoms with Crippen molar-refractivity contribution in [3.05, 3.63) is 63.8 Å². The molecule has 6 rings (SSSR count). The maximum Gasteiger partial charge on any atom is 0.355 e. The molecular formula is C28H27F2N5O4. The minimum atomic E-state index is -1.00. The molecule has 9 nitrogen and oxygen atoms in total.